The Morgan fingerprint density at radius 2 is 1.92 bits per heavy atom. The fourth-order valence-electron chi connectivity index (χ4n) is 5.78. The molecule has 0 heterocycles. The minimum Gasteiger partial charge on any atom is -0.459 e. The first kappa shape index (κ1) is 18.3. The van der Waals surface area contributed by atoms with E-state index in [9.17, 15) is 4.79 Å². The molecule has 0 saturated heterocycles. The quantitative estimate of drug-likeness (QED) is 0.362. The smallest absolute Gasteiger partial charge is 0.336 e. The van der Waals surface area contributed by atoms with Crippen LogP contribution in [0.5, 0.6) is 0 Å². The van der Waals surface area contributed by atoms with Crippen LogP contribution in [0.1, 0.15) is 64.7 Å². The van der Waals surface area contributed by atoms with Crippen LogP contribution >= 0.6 is 0 Å². The van der Waals surface area contributed by atoms with Crippen molar-refractivity contribution in [3.63, 3.8) is 0 Å². The number of carbonyl (C=O) groups is 1. The van der Waals surface area contributed by atoms with Crippen LogP contribution < -0.4 is 0 Å². The molecule has 4 aliphatic carbocycles. The molecule has 3 saturated carbocycles. The van der Waals surface area contributed by atoms with Crippen molar-refractivity contribution in [1.29, 1.82) is 0 Å². The molecule has 0 aliphatic heterocycles. The topological polar surface area (TPSA) is 35.5 Å². The van der Waals surface area contributed by atoms with Gasteiger partial charge in [-0.3, -0.25) is 0 Å². The molecule has 4 atom stereocenters. The molecule has 4 rings (SSSR count). The average Bonchev–Trinajstić information content (AvgIpc) is 3.54. The standard InChI is InChI=1S/C23H34O3/c1-14(13-25-3)23(24)26-19-7-4-16(5-8-19)10-18-12-22(18)17-6-9-20-15(2)21(20)11-17/h16-20,22H,1,4-13H2,2-3H3. The Morgan fingerprint density at radius 1 is 1.15 bits per heavy atom. The second kappa shape index (κ2) is 7.50. The Bertz CT molecular complexity index is 597. The first-order chi connectivity index (χ1) is 12.6. The zero-order chi connectivity index (χ0) is 18.3. The molecule has 0 aromatic rings. The van der Waals surface area contributed by atoms with E-state index in [0.29, 0.717) is 5.57 Å². The number of rotatable bonds is 7. The Morgan fingerprint density at radius 3 is 2.62 bits per heavy atom. The van der Waals surface area contributed by atoms with Gasteiger partial charge in [0.1, 0.15) is 6.10 Å². The number of methoxy groups -OCH3 is 1. The van der Waals surface area contributed by atoms with Crippen molar-refractivity contribution in [3.8, 4) is 0 Å². The van der Waals surface area contributed by atoms with Crippen LogP contribution in [0.2, 0.25) is 0 Å². The third kappa shape index (κ3) is 3.93. The molecule has 3 nitrogen and oxygen atoms in total. The van der Waals surface area contributed by atoms with Gasteiger partial charge in [-0.05, 0) is 88.4 Å². The number of hydrogen-bond acceptors (Lipinski definition) is 3. The van der Waals surface area contributed by atoms with Gasteiger partial charge in [0.05, 0.1) is 12.2 Å². The van der Waals surface area contributed by atoms with Crippen LogP contribution in [-0.2, 0) is 14.3 Å². The lowest BCUT2D eigenvalue weighted by atomic mass is 9.81. The Balaban J connectivity index is 1.15. The summed E-state index contributed by atoms with van der Waals surface area (Å²) in [4.78, 5) is 11.9. The number of hydrogen-bond donors (Lipinski definition) is 0. The molecule has 0 aromatic carbocycles. The largest absolute Gasteiger partial charge is 0.459 e. The monoisotopic (exact) mass is 358 g/mol. The van der Waals surface area contributed by atoms with E-state index in [1.54, 1.807) is 12.7 Å². The molecule has 4 unspecified atom stereocenters. The first-order valence-corrected chi connectivity index (χ1v) is 10.6. The van der Waals surface area contributed by atoms with Crippen molar-refractivity contribution >= 4 is 5.97 Å². The summed E-state index contributed by atoms with van der Waals surface area (Å²) in [5.41, 5.74) is 3.97. The third-order valence-corrected chi connectivity index (χ3v) is 7.57. The molecule has 144 valence electrons. The summed E-state index contributed by atoms with van der Waals surface area (Å²) in [7, 11) is 1.57. The highest BCUT2D eigenvalue weighted by atomic mass is 16.5. The van der Waals surface area contributed by atoms with Gasteiger partial charge in [0.15, 0.2) is 0 Å². The van der Waals surface area contributed by atoms with Gasteiger partial charge >= 0.3 is 5.97 Å². The summed E-state index contributed by atoms with van der Waals surface area (Å²) < 4.78 is 10.5. The third-order valence-electron chi connectivity index (χ3n) is 7.57. The lowest BCUT2D eigenvalue weighted by Gasteiger charge is -2.29. The number of fused-ring (bicyclic) bond motifs is 1. The molecule has 0 N–H and O–H groups in total. The van der Waals surface area contributed by atoms with Gasteiger partial charge in [-0.2, -0.15) is 0 Å². The van der Waals surface area contributed by atoms with Crippen molar-refractivity contribution in [2.45, 2.75) is 70.8 Å². The fourth-order valence-corrected chi connectivity index (χ4v) is 5.78. The Labute approximate surface area is 158 Å². The molecule has 3 fully saturated rings. The molecule has 0 amide bonds. The molecule has 4 aliphatic rings. The summed E-state index contributed by atoms with van der Waals surface area (Å²) in [5, 5.41) is 0. The van der Waals surface area contributed by atoms with Crippen LogP contribution in [0.15, 0.2) is 23.3 Å². The van der Waals surface area contributed by atoms with E-state index in [4.69, 9.17) is 9.47 Å². The van der Waals surface area contributed by atoms with Gasteiger partial charge in [-0.15, -0.1) is 0 Å². The molecule has 3 heteroatoms. The lowest BCUT2D eigenvalue weighted by molar-refractivity contribution is -0.146. The van der Waals surface area contributed by atoms with E-state index >= 15 is 0 Å². The Hall–Kier alpha value is -1.09. The summed E-state index contributed by atoms with van der Waals surface area (Å²) in [6, 6.07) is 0. The minimum atomic E-state index is -0.280. The summed E-state index contributed by atoms with van der Waals surface area (Å²) in [5.74, 6) is 4.50. The number of esters is 1. The zero-order valence-electron chi connectivity index (χ0n) is 16.5. The van der Waals surface area contributed by atoms with Crippen LogP contribution in [0, 0.1) is 29.6 Å². The number of ether oxygens (including phenoxy) is 2. The molecular weight excluding hydrogens is 324 g/mol. The maximum absolute atomic E-state index is 11.9. The van der Waals surface area contributed by atoms with Gasteiger partial charge in [0.25, 0.3) is 0 Å². The Kier molecular flexibility index (Phi) is 5.27. The fraction of sp³-hybridized carbons (Fsp3) is 0.783. The van der Waals surface area contributed by atoms with Gasteiger partial charge in [-0.25, -0.2) is 4.79 Å². The van der Waals surface area contributed by atoms with Gasteiger partial charge < -0.3 is 9.47 Å². The van der Waals surface area contributed by atoms with E-state index in [1.165, 1.54) is 44.9 Å². The summed E-state index contributed by atoms with van der Waals surface area (Å²) in [6.45, 7) is 6.34. The maximum Gasteiger partial charge on any atom is 0.336 e. The van der Waals surface area contributed by atoms with E-state index in [2.05, 4.69) is 13.5 Å². The van der Waals surface area contributed by atoms with Gasteiger partial charge in [0, 0.05) is 13.0 Å². The molecule has 0 radical (unpaired) electrons. The highest BCUT2D eigenvalue weighted by Crippen LogP contribution is 2.59. The van der Waals surface area contributed by atoms with E-state index in [1.807, 2.05) is 5.57 Å². The minimum absolute atomic E-state index is 0.0856. The van der Waals surface area contributed by atoms with Crippen molar-refractivity contribution < 1.29 is 14.3 Å². The number of carbonyl (C=O) groups excluding carboxylic acids is 1. The van der Waals surface area contributed by atoms with Crippen molar-refractivity contribution in [1.82, 2.24) is 0 Å². The van der Waals surface area contributed by atoms with Gasteiger partial charge in [-0.1, -0.05) is 17.7 Å². The molecular formula is C23H34O3. The average molecular weight is 359 g/mol. The highest BCUT2D eigenvalue weighted by molar-refractivity contribution is 5.88. The van der Waals surface area contributed by atoms with Gasteiger partial charge in [0.2, 0.25) is 0 Å². The van der Waals surface area contributed by atoms with E-state index in [-0.39, 0.29) is 18.7 Å². The highest BCUT2D eigenvalue weighted by Gasteiger charge is 2.48. The van der Waals surface area contributed by atoms with Crippen molar-refractivity contribution in [3.05, 3.63) is 23.3 Å². The van der Waals surface area contributed by atoms with Crippen LogP contribution in [0.25, 0.3) is 0 Å². The predicted octanol–water partition coefficient (Wildman–Crippen LogP) is 5.06. The van der Waals surface area contributed by atoms with Crippen molar-refractivity contribution in [2.75, 3.05) is 13.7 Å². The van der Waals surface area contributed by atoms with E-state index in [0.717, 1.165) is 42.4 Å². The van der Waals surface area contributed by atoms with Crippen LogP contribution in [0.3, 0.4) is 0 Å². The number of allylic oxidation sites excluding steroid dienone is 2. The molecule has 26 heavy (non-hydrogen) atoms. The molecule has 0 bridgehead atoms. The maximum atomic E-state index is 11.9. The zero-order valence-corrected chi connectivity index (χ0v) is 16.5. The summed E-state index contributed by atoms with van der Waals surface area (Å²) in [6.07, 6.45) is 11.8. The second-order valence-corrected chi connectivity index (χ2v) is 9.28. The second-order valence-electron chi connectivity index (χ2n) is 9.28. The van der Waals surface area contributed by atoms with Crippen LogP contribution in [0.4, 0.5) is 0 Å². The molecule has 0 aromatic heterocycles. The SMILES string of the molecule is C=C(COC)C(=O)OC1CCC(CC2CC2C2CCC3C(C)=C3C2)CC1. The van der Waals surface area contributed by atoms with E-state index < -0.39 is 0 Å². The van der Waals surface area contributed by atoms with Crippen LogP contribution in [-0.4, -0.2) is 25.8 Å². The lowest BCUT2D eigenvalue weighted by Crippen LogP contribution is -2.26. The first-order valence-electron chi connectivity index (χ1n) is 10.6. The van der Waals surface area contributed by atoms with Crippen molar-refractivity contribution in [2.24, 2.45) is 29.6 Å². The predicted molar refractivity (Wildman–Crippen MR) is 103 cm³/mol. The normalized spacial score (nSPS) is 38.5. The molecule has 0 spiro atoms. The summed E-state index contributed by atoms with van der Waals surface area (Å²) >= 11 is 0.